The van der Waals surface area contributed by atoms with Crippen LogP contribution < -0.4 is 4.72 Å². The summed E-state index contributed by atoms with van der Waals surface area (Å²) in [6, 6.07) is 0. The van der Waals surface area contributed by atoms with Gasteiger partial charge in [-0.2, -0.15) is 0 Å². The third-order valence-electron chi connectivity index (χ3n) is 3.73. The molecule has 5 heteroatoms. The van der Waals surface area contributed by atoms with Crippen LogP contribution in [-0.2, 0) is 10.0 Å². The maximum atomic E-state index is 11.7. The summed E-state index contributed by atoms with van der Waals surface area (Å²) >= 11 is 3.51. The van der Waals surface area contributed by atoms with Crippen molar-refractivity contribution in [2.24, 2.45) is 17.8 Å². The smallest absolute Gasteiger partial charge is 0.211 e. The van der Waals surface area contributed by atoms with Crippen LogP contribution in [0.5, 0.6) is 0 Å². The maximum absolute atomic E-state index is 11.7. The molecule has 2 saturated carbocycles. The van der Waals surface area contributed by atoms with Gasteiger partial charge in [0, 0.05) is 11.9 Å². The second-order valence-corrected chi connectivity index (χ2v) is 7.68. The molecule has 0 bridgehead atoms. The van der Waals surface area contributed by atoms with Gasteiger partial charge in [0.25, 0.3) is 0 Å². The Morgan fingerprint density at radius 3 is 2.44 bits per heavy atom. The summed E-state index contributed by atoms with van der Waals surface area (Å²) < 4.78 is 26.2. The zero-order valence-electron chi connectivity index (χ0n) is 9.49. The molecule has 0 spiro atoms. The summed E-state index contributed by atoms with van der Waals surface area (Å²) in [6.45, 7) is 0.644. The third kappa shape index (κ3) is 3.70. The highest BCUT2D eigenvalue weighted by Crippen LogP contribution is 2.33. The Morgan fingerprint density at radius 1 is 1.12 bits per heavy atom. The molecule has 94 valence electrons. The average Bonchev–Trinajstić information content (AvgIpc) is 2.91. The highest BCUT2D eigenvalue weighted by molar-refractivity contribution is 9.09. The summed E-state index contributed by atoms with van der Waals surface area (Å²) in [4.78, 5) is 0. The van der Waals surface area contributed by atoms with Crippen molar-refractivity contribution >= 4 is 26.0 Å². The van der Waals surface area contributed by atoms with E-state index in [-0.39, 0.29) is 0 Å². The Hall–Kier alpha value is 0.390. The highest BCUT2D eigenvalue weighted by atomic mass is 79.9. The quantitative estimate of drug-likeness (QED) is 0.764. The molecule has 0 aromatic carbocycles. The van der Waals surface area contributed by atoms with Crippen LogP contribution in [0.15, 0.2) is 0 Å². The van der Waals surface area contributed by atoms with Crippen molar-refractivity contribution in [2.45, 2.75) is 32.1 Å². The maximum Gasteiger partial charge on any atom is 0.211 e. The Morgan fingerprint density at radius 2 is 1.81 bits per heavy atom. The second kappa shape index (κ2) is 5.36. The van der Waals surface area contributed by atoms with Gasteiger partial charge in [-0.05, 0) is 43.4 Å². The molecular formula is C11H20BrNO2S. The molecule has 0 aromatic heterocycles. The largest absolute Gasteiger partial charge is 0.215 e. The van der Waals surface area contributed by atoms with Gasteiger partial charge in [0.15, 0.2) is 0 Å². The number of alkyl halides is 1. The number of halogens is 1. The lowest BCUT2D eigenvalue weighted by atomic mass is 9.99. The molecule has 0 amide bonds. The predicted octanol–water partition coefficient (Wildman–Crippen LogP) is 2.13. The zero-order valence-corrected chi connectivity index (χ0v) is 11.9. The SMILES string of the molecule is O=S(=O)(CC1CC1)NCC1CCCC1CBr. The fraction of sp³-hybridized carbons (Fsp3) is 1.00. The van der Waals surface area contributed by atoms with Crippen LogP contribution in [0.1, 0.15) is 32.1 Å². The first kappa shape index (κ1) is 12.8. The van der Waals surface area contributed by atoms with E-state index in [0.29, 0.717) is 30.1 Å². The number of sulfonamides is 1. The summed E-state index contributed by atoms with van der Waals surface area (Å²) in [5, 5.41) is 1.00. The van der Waals surface area contributed by atoms with Gasteiger partial charge >= 0.3 is 0 Å². The first-order valence-corrected chi connectivity index (χ1v) is 8.91. The minimum Gasteiger partial charge on any atom is -0.215 e. The van der Waals surface area contributed by atoms with Crippen LogP contribution in [0, 0.1) is 17.8 Å². The van der Waals surface area contributed by atoms with E-state index in [1.807, 2.05) is 0 Å². The molecule has 2 aliphatic rings. The third-order valence-corrected chi connectivity index (χ3v) is 6.08. The molecule has 2 fully saturated rings. The van der Waals surface area contributed by atoms with Crippen molar-refractivity contribution < 1.29 is 8.42 Å². The van der Waals surface area contributed by atoms with Gasteiger partial charge in [-0.1, -0.05) is 22.4 Å². The number of nitrogens with one attached hydrogen (secondary N) is 1. The average molecular weight is 310 g/mol. The molecule has 3 nitrogen and oxygen atoms in total. The van der Waals surface area contributed by atoms with E-state index in [1.165, 1.54) is 19.3 Å². The standard InChI is InChI=1S/C11H20BrNO2S/c12-6-10-2-1-3-11(10)7-13-16(14,15)8-9-4-5-9/h9-11,13H,1-8H2. The summed E-state index contributed by atoms with van der Waals surface area (Å²) in [7, 11) is -3.00. The first-order valence-electron chi connectivity index (χ1n) is 6.14. The van der Waals surface area contributed by atoms with Crippen LogP contribution in [0.2, 0.25) is 0 Å². The van der Waals surface area contributed by atoms with E-state index < -0.39 is 10.0 Å². The lowest BCUT2D eigenvalue weighted by Gasteiger charge is -2.17. The molecule has 0 saturated heterocycles. The zero-order chi connectivity index (χ0) is 11.6. The van der Waals surface area contributed by atoms with E-state index in [9.17, 15) is 8.42 Å². The lowest BCUT2D eigenvalue weighted by molar-refractivity contribution is 0.422. The molecule has 16 heavy (non-hydrogen) atoms. The molecule has 0 aromatic rings. The fourth-order valence-corrected chi connectivity index (χ4v) is 4.87. The molecule has 2 aliphatic carbocycles. The molecule has 1 N–H and O–H groups in total. The van der Waals surface area contributed by atoms with E-state index in [0.717, 1.165) is 18.2 Å². The summed E-state index contributed by atoms with van der Waals surface area (Å²) in [5.41, 5.74) is 0. The molecular weight excluding hydrogens is 290 g/mol. The van der Waals surface area contributed by atoms with Crippen LogP contribution in [0.3, 0.4) is 0 Å². The van der Waals surface area contributed by atoms with E-state index >= 15 is 0 Å². The summed E-state index contributed by atoms with van der Waals surface area (Å²) in [6.07, 6.45) is 5.83. The topological polar surface area (TPSA) is 46.2 Å². The Bertz CT molecular complexity index is 327. The normalized spacial score (nSPS) is 30.8. The van der Waals surface area contributed by atoms with Gasteiger partial charge in [0.1, 0.15) is 0 Å². The van der Waals surface area contributed by atoms with E-state index in [2.05, 4.69) is 20.7 Å². The van der Waals surface area contributed by atoms with Crippen molar-refractivity contribution in [3.05, 3.63) is 0 Å². The van der Waals surface area contributed by atoms with Gasteiger partial charge in [0.05, 0.1) is 5.75 Å². The summed E-state index contributed by atoms with van der Waals surface area (Å²) in [5.74, 6) is 1.98. The van der Waals surface area contributed by atoms with Gasteiger partial charge in [-0.3, -0.25) is 0 Å². The van der Waals surface area contributed by atoms with Crippen molar-refractivity contribution in [1.82, 2.24) is 4.72 Å². The molecule has 2 unspecified atom stereocenters. The monoisotopic (exact) mass is 309 g/mol. The first-order chi connectivity index (χ1) is 7.61. The predicted molar refractivity (Wildman–Crippen MR) is 69.1 cm³/mol. The molecule has 0 heterocycles. The Balaban J connectivity index is 1.77. The van der Waals surface area contributed by atoms with Crippen LogP contribution in [0.4, 0.5) is 0 Å². The lowest BCUT2D eigenvalue weighted by Crippen LogP contribution is -2.33. The van der Waals surface area contributed by atoms with Crippen molar-refractivity contribution in [3.63, 3.8) is 0 Å². The van der Waals surface area contributed by atoms with Gasteiger partial charge in [-0.15, -0.1) is 0 Å². The van der Waals surface area contributed by atoms with Crippen LogP contribution in [0.25, 0.3) is 0 Å². The second-order valence-electron chi connectivity index (χ2n) is 5.18. The van der Waals surface area contributed by atoms with Crippen molar-refractivity contribution in [1.29, 1.82) is 0 Å². The van der Waals surface area contributed by atoms with Crippen LogP contribution in [-0.4, -0.2) is 26.0 Å². The van der Waals surface area contributed by atoms with Crippen LogP contribution >= 0.6 is 15.9 Å². The van der Waals surface area contributed by atoms with Gasteiger partial charge in [0.2, 0.25) is 10.0 Å². The molecule has 2 atom stereocenters. The van der Waals surface area contributed by atoms with E-state index in [1.54, 1.807) is 0 Å². The minimum absolute atomic E-state index is 0.346. The highest BCUT2D eigenvalue weighted by Gasteiger charge is 2.30. The number of rotatable bonds is 6. The Kier molecular flexibility index (Phi) is 4.30. The van der Waals surface area contributed by atoms with E-state index in [4.69, 9.17) is 0 Å². The van der Waals surface area contributed by atoms with Gasteiger partial charge in [-0.25, -0.2) is 13.1 Å². The van der Waals surface area contributed by atoms with Crippen molar-refractivity contribution in [3.8, 4) is 0 Å². The molecule has 0 radical (unpaired) electrons. The Labute approximate surface area is 107 Å². The number of hydrogen-bond acceptors (Lipinski definition) is 2. The molecule has 2 rings (SSSR count). The minimum atomic E-state index is -3.00. The van der Waals surface area contributed by atoms with Crippen molar-refractivity contribution in [2.75, 3.05) is 17.6 Å². The number of hydrogen-bond donors (Lipinski definition) is 1. The fourth-order valence-electron chi connectivity index (χ4n) is 2.47. The van der Waals surface area contributed by atoms with Gasteiger partial charge < -0.3 is 0 Å². The molecule has 0 aliphatic heterocycles.